The van der Waals surface area contributed by atoms with Crippen molar-refractivity contribution in [2.75, 3.05) is 11.9 Å². The van der Waals surface area contributed by atoms with E-state index in [9.17, 15) is 4.79 Å². The number of carbonyl (C=O) groups is 1. The van der Waals surface area contributed by atoms with E-state index in [4.69, 9.17) is 11.6 Å². The third kappa shape index (κ3) is 6.50. The molecule has 0 unspecified atom stereocenters. The van der Waals surface area contributed by atoms with E-state index in [-0.39, 0.29) is 6.03 Å². The van der Waals surface area contributed by atoms with Gasteiger partial charge in [0.05, 0.1) is 0 Å². The van der Waals surface area contributed by atoms with Crippen LogP contribution in [-0.2, 0) is 0 Å². The molecule has 0 aliphatic heterocycles. The van der Waals surface area contributed by atoms with Gasteiger partial charge in [-0.05, 0) is 42.5 Å². The van der Waals surface area contributed by atoms with Crippen LogP contribution in [0.2, 0.25) is 5.02 Å². The maximum absolute atomic E-state index is 11.6. The number of hydrogen-bond donors (Lipinski definition) is 2. The highest BCUT2D eigenvalue weighted by molar-refractivity contribution is 6.30. The summed E-state index contributed by atoms with van der Waals surface area (Å²) in [6, 6.07) is 6.87. The minimum atomic E-state index is -0.175. The third-order valence-electron chi connectivity index (χ3n) is 2.49. The van der Waals surface area contributed by atoms with Crippen LogP contribution in [0, 0.1) is 5.41 Å². The summed E-state index contributed by atoms with van der Waals surface area (Å²) < 4.78 is 0. The summed E-state index contributed by atoms with van der Waals surface area (Å²) in [7, 11) is 0. The maximum Gasteiger partial charge on any atom is 0.319 e. The third-order valence-corrected chi connectivity index (χ3v) is 2.74. The molecule has 0 aliphatic carbocycles. The molecule has 2 amide bonds. The van der Waals surface area contributed by atoms with E-state index < -0.39 is 0 Å². The molecular weight excluding hydrogens is 248 g/mol. The summed E-state index contributed by atoms with van der Waals surface area (Å²) in [6.07, 6.45) is 2.08. The largest absolute Gasteiger partial charge is 0.338 e. The number of rotatable bonds is 4. The lowest BCUT2D eigenvalue weighted by Crippen LogP contribution is -2.30. The zero-order chi connectivity index (χ0) is 13.6. The van der Waals surface area contributed by atoms with Gasteiger partial charge in [-0.15, -0.1) is 0 Å². The van der Waals surface area contributed by atoms with E-state index in [0.29, 0.717) is 17.0 Å². The van der Waals surface area contributed by atoms with Crippen LogP contribution in [0.3, 0.4) is 0 Å². The fraction of sp³-hybridized carbons (Fsp3) is 0.500. The maximum atomic E-state index is 11.6. The first-order valence-electron chi connectivity index (χ1n) is 6.17. The van der Waals surface area contributed by atoms with Gasteiger partial charge in [0, 0.05) is 17.3 Å². The lowest BCUT2D eigenvalue weighted by Gasteiger charge is -2.17. The fourth-order valence-corrected chi connectivity index (χ4v) is 1.66. The Bertz CT molecular complexity index is 382. The Morgan fingerprint density at radius 2 is 1.83 bits per heavy atom. The van der Waals surface area contributed by atoms with Gasteiger partial charge >= 0.3 is 6.03 Å². The number of carbonyl (C=O) groups excluding carboxylic acids is 1. The highest BCUT2D eigenvalue weighted by atomic mass is 35.5. The molecule has 0 aromatic heterocycles. The van der Waals surface area contributed by atoms with E-state index in [2.05, 4.69) is 31.4 Å². The molecule has 0 aliphatic rings. The van der Waals surface area contributed by atoms with Crippen molar-refractivity contribution < 1.29 is 4.79 Å². The van der Waals surface area contributed by atoms with E-state index in [1.54, 1.807) is 24.3 Å². The number of halogens is 1. The molecule has 0 bridgehead atoms. The lowest BCUT2D eigenvalue weighted by atomic mass is 9.91. The minimum Gasteiger partial charge on any atom is -0.338 e. The lowest BCUT2D eigenvalue weighted by molar-refractivity contribution is 0.251. The molecule has 0 saturated carbocycles. The van der Waals surface area contributed by atoms with Crippen molar-refractivity contribution >= 4 is 23.3 Å². The molecule has 0 heterocycles. The SMILES string of the molecule is CC(C)(C)CCCNC(=O)Nc1ccc(Cl)cc1. The second-order valence-corrected chi connectivity index (χ2v) is 5.99. The van der Waals surface area contributed by atoms with E-state index in [1.165, 1.54) is 0 Å². The zero-order valence-corrected chi connectivity index (χ0v) is 12.0. The van der Waals surface area contributed by atoms with Gasteiger partial charge in [0.1, 0.15) is 0 Å². The molecule has 3 nitrogen and oxygen atoms in total. The zero-order valence-electron chi connectivity index (χ0n) is 11.2. The van der Waals surface area contributed by atoms with Gasteiger partial charge in [0.15, 0.2) is 0 Å². The summed E-state index contributed by atoms with van der Waals surface area (Å²) in [5.41, 5.74) is 1.06. The number of hydrogen-bond acceptors (Lipinski definition) is 1. The first-order chi connectivity index (χ1) is 8.37. The van der Waals surface area contributed by atoms with Crippen molar-refractivity contribution in [1.82, 2.24) is 5.32 Å². The number of benzene rings is 1. The standard InChI is InChI=1S/C14H21ClN2O/c1-14(2,3)9-4-10-16-13(18)17-12-7-5-11(15)6-8-12/h5-8H,4,9-10H2,1-3H3,(H2,16,17,18). The Kier molecular flexibility index (Phi) is 5.48. The van der Waals surface area contributed by atoms with Gasteiger partial charge in [-0.3, -0.25) is 0 Å². The highest BCUT2D eigenvalue weighted by Gasteiger charge is 2.09. The van der Waals surface area contributed by atoms with Crippen LogP contribution < -0.4 is 10.6 Å². The fourth-order valence-electron chi connectivity index (χ4n) is 1.53. The minimum absolute atomic E-state index is 0.175. The summed E-state index contributed by atoms with van der Waals surface area (Å²) >= 11 is 5.76. The second-order valence-electron chi connectivity index (χ2n) is 5.55. The number of urea groups is 1. The van der Waals surface area contributed by atoms with Crippen molar-refractivity contribution in [3.05, 3.63) is 29.3 Å². The molecule has 0 fully saturated rings. The predicted molar refractivity (Wildman–Crippen MR) is 77.2 cm³/mol. The molecule has 1 aromatic rings. The van der Waals surface area contributed by atoms with Gasteiger partial charge in [-0.2, -0.15) is 0 Å². The van der Waals surface area contributed by atoms with Gasteiger partial charge in [0.25, 0.3) is 0 Å². The van der Waals surface area contributed by atoms with E-state index in [0.717, 1.165) is 18.5 Å². The molecular formula is C14H21ClN2O. The molecule has 4 heteroatoms. The van der Waals surface area contributed by atoms with Crippen LogP contribution in [0.1, 0.15) is 33.6 Å². The van der Waals surface area contributed by atoms with Crippen LogP contribution in [-0.4, -0.2) is 12.6 Å². The van der Waals surface area contributed by atoms with E-state index >= 15 is 0 Å². The van der Waals surface area contributed by atoms with Crippen molar-refractivity contribution in [2.24, 2.45) is 5.41 Å². The average molecular weight is 269 g/mol. The Morgan fingerprint density at radius 1 is 1.22 bits per heavy atom. The van der Waals surface area contributed by atoms with Crippen LogP contribution >= 0.6 is 11.6 Å². The number of amides is 2. The van der Waals surface area contributed by atoms with Gasteiger partial charge < -0.3 is 10.6 Å². The molecule has 0 atom stereocenters. The Balaban J connectivity index is 2.24. The van der Waals surface area contributed by atoms with Crippen molar-refractivity contribution in [3.63, 3.8) is 0 Å². The first kappa shape index (κ1) is 14.8. The number of anilines is 1. The molecule has 2 N–H and O–H groups in total. The van der Waals surface area contributed by atoms with Crippen molar-refractivity contribution in [3.8, 4) is 0 Å². The molecule has 100 valence electrons. The topological polar surface area (TPSA) is 41.1 Å². The predicted octanol–water partition coefficient (Wildman–Crippen LogP) is 4.29. The molecule has 0 radical (unpaired) electrons. The van der Waals surface area contributed by atoms with Crippen LogP contribution in [0.25, 0.3) is 0 Å². The molecule has 1 rings (SSSR count). The first-order valence-corrected chi connectivity index (χ1v) is 6.55. The normalized spacial score (nSPS) is 11.1. The van der Waals surface area contributed by atoms with Crippen molar-refractivity contribution in [1.29, 1.82) is 0 Å². The summed E-state index contributed by atoms with van der Waals surface area (Å²) in [4.78, 5) is 11.6. The average Bonchev–Trinajstić information content (AvgIpc) is 2.26. The Hall–Kier alpha value is -1.22. The summed E-state index contributed by atoms with van der Waals surface area (Å²) in [5, 5.41) is 6.25. The second kappa shape index (κ2) is 6.64. The smallest absolute Gasteiger partial charge is 0.319 e. The molecule has 0 spiro atoms. The molecule has 0 saturated heterocycles. The highest BCUT2D eigenvalue weighted by Crippen LogP contribution is 2.19. The van der Waals surface area contributed by atoms with E-state index in [1.807, 2.05) is 0 Å². The van der Waals surface area contributed by atoms with Crippen molar-refractivity contribution in [2.45, 2.75) is 33.6 Å². The summed E-state index contributed by atoms with van der Waals surface area (Å²) in [6.45, 7) is 7.28. The van der Waals surface area contributed by atoms with Crippen LogP contribution in [0.4, 0.5) is 10.5 Å². The van der Waals surface area contributed by atoms with Gasteiger partial charge in [-0.25, -0.2) is 4.79 Å². The molecule has 18 heavy (non-hydrogen) atoms. The Labute approximate surface area is 114 Å². The number of nitrogens with one attached hydrogen (secondary N) is 2. The molecule has 1 aromatic carbocycles. The van der Waals surface area contributed by atoms with Crippen LogP contribution in [0.5, 0.6) is 0 Å². The quantitative estimate of drug-likeness (QED) is 0.786. The Morgan fingerprint density at radius 3 is 2.39 bits per heavy atom. The monoisotopic (exact) mass is 268 g/mol. The van der Waals surface area contributed by atoms with Gasteiger partial charge in [0.2, 0.25) is 0 Å². The van der Waals surface area contributed by atoms with Gasteiger partial charge in [-0.1, -0.05) is 32.4 Å². The van der Waals surface area contributed by atoms with Crippen LogP contribution in [0.15, 0.2) is 24.3 Å². The summed E-state index contributed by atoms with van der Waals surface area (Å²) in [5.74, 6) is 0.